The maximum absolute atomic E-state index is 10.9. The van der Waals surface area contributed by atoms with E-state index < -0.39 is 0 Å². The van der Waals surface area contributed by atoms with Gasteiger partial charge in [-0.15, -0.1) is 0 Å². The summed E-state index contributed by atoms with van der Waals surface area (Å²) in [4.78, 5) is 10.5. The third kappa shape index (κ3) is 4.13. The lowest BCUT2D eigenvalue weighted by Gasteiger charge is -2.17. The summed E-state index contributed by atoms with van der Waals surface area (Å²) in [5, 5.41) is 18.1. The predicted octanol–water partition coefficient (Wildman–Crippen LogP) is 3.52. The number of aromatic nitrogens is 1. The molecule has 0 saturated carbocycles. The first-order valence-corrected chi connectivity index (χ1v) is 7.00. The molecular formula is C15H19N3O3. The van der Waals surface area contributed by atoms with E-state index in [1.54, 1.807) is 12.1 Å². The molecule has 0 bridgehead atoms. The Kier molecular flexibility index (Phi) is 5.05. The molecule has 0 spiro atoms. The molecule has 1 aromatic heterocycles. The predicted molar refractivity (Wildman–Crippen MR) is 78.8 cm³/mol. The molecule has 2 aromatic rings. The highest BCUT2D eigenvalue weighted by Gasteiger charge is 2.14. The zero-order valence-corrected chi connectivity index (χ0v) is 12.2. The van der Waals surface area contributed by atoms with Gasteiger partial charge >= 0.3 is 0 Å². The summed E-state index contributed by atoms with van der Waals surface area (Å²) in [6.45, 7) is 4.51. The monoisotopic (exact) mass is 289 g/mol. The zero-order chi connectivity index (χ0) is 15.2. The highest BCUT2D eigenvalue weighted by Crippen LogP contribution is 2.23. The van der Waals surface area contributed by atoms with Crippen molar-refractivity contribution in [3.05, 3.63) is 57.5 Å². The Labute approximate surface area is 123 Å². The van der Waals surface area contributed by atoms with Crippen molar-refractivity contribution in [2.75, 3.05) is 0 Å². The smallest absolute Gasteiger partial charge is 0.269 e. The highest BCUT2D eigenvalue weighted by atomic mass is 16.6. The quantitative estimate of drug-likeness (QED) is 0.623. The topological polar surface area (TPSA) is 81.2 Å². The Morgan fingerprint density at radius 2 is 2.24 bits per heavy atom. The van der Waals surface area contributed by atoms with Crippen molar-refractivity contribution >= 4 is 5.69 Å². The number of hydrogen-bond acceptors (Lipinski definition) is 5. The molecule has 2 rings (SSSR count). The molecule has 0 fully saturated rings. The van der Waals surface area contributed by atoms with Crippen LogP contribution < -0.4 is 5.32 Å². The SMILES string of the molecule is CCCC(NCc1cc(C)no1)c1cccc([N+](=O)[O-])c1. The molecule has 0 aliphatic rings. The van der Waals surface area contributed by atoms with Crippen molar-refractivity contribution in [3.63, 3.8) is 0 Å². The van der Waals surface area contributed by atoms with Crippen molar-refractivity contribution in [2.24, 2.45) is 0 Å². The van der Waals surface area contributed by atoms with Crippen molar-refractivity contribution in [1.82, 2.24) is 10.5 Å². The Morgan fingerprint density at radius 3 is 2.86 bits per heavy atom. The van der Waals surface area contributed by atoms with Crippen LogP contribution in [0.5, 0.6) is 0 Å². The van der Waals surface area contributed by atoms with Crippen LogP contribution in [0.4, 0.5) is 5.69 Å². The fourth-order valence-electron chi connectivity index (χ4n) is 2.25. The fraction of sp³-hybridized carbons (Fsp3) is 0.400. The number of aryl methyl sites for hydroxylation is 1. The minimum atomic E-state index is -0.369. The first-order valence-electron chi connectivity index (χ1n) is 7.00. The molecule has 0 radical (unpaired) electrons. The van der Waals surface area contributed by atoms with Crippen LogP contribution in [0.25, 0.3) is 0 Å². The van der Waals surface area contributed by atoms with Crippen LogP contribution in [0.2, 0.25) is 0 Å². The zero-order valence-electron chi connectivity index (χ0n) is 12.2. The van der Waals surface area contributed by atoms with E-state index >= 15 is 0 Å². The van der Waals surface area contributed by atoms with Gasteiger partial charge in [-0.25, -0.2) is 0 Å². The summed E-state index contributed by atoms with van der Waals surface area (Å²) >= 11 is 0. The second kappa shape index (κ2) is 6.99. The minimum Gasteiger partial charge on any atom is -0.360 e. The largest absolute Gasteiger partial charge is 0.360 e. The second-order valence-corrected chi connectivity index (χ2v) is 5.01. The van der Waals surface area contributed by atoms with Gasteiger partial charge in [-0.2, -0.15) is 0 Å². The van der Waals surface area contributed by atoms with Gasteiger partial charge in [0.05, 0.1) is 17.2 Å². The van der Waals surface area contributed by atoms with E-state index in [-0.39, 0.29) is 16.7 Å². The summed E-state index contributed by atoms with van der Waals surface area (Å²) in [7, 11) is 0. The molecule has 0 aliphatic carbocycles. The Hall–Kier alpha value is -2.21. The van der Waals surface area contributed by atoms with Crippen LogP contribution in [0.3, 0.4) is 0 Å². The molecule has 0 amide bonds. The molecule has 0 aliphatic heterocycles. The first-order chi connectivity index (χ1) is 10.1. The van der Waals surface area contributed by atoms with Crippen LogP contribution in [0.15, 0.2) is 34.9 Å². The molecular weight excluding hydrogens is 270 g/mol. The van der Waals surface area contributed by atoms with Crippen molar-refractivity contribution < 1.29 is 9.45 Å². The van der Waals surface area contributed by atoms with E-state index in [1.165, 1.54) is 6.07 Å². The Balaban J connectivity index is 2.10. The normalized spacial score (nSPS) is 12.3. The van der Waals surface area contributed by atoms with Gasteiger partial charge in [-0.3, -0.25) is 10.1 Å². The van der Waals surface area contributed by atoms with Gasteiger partial charge in [0.2, 0.25) is 0 Å². The van der Waals surface area contributed by atoms with Crippen molar-refractivity contribution in [3.8, 4) is 0 Å². The van der Waals surface area contributed by atoms with E-state index in [9.17, 15) is 10.1 Å². The van der Waals surface area contributed by atoms with E-state index in [2.05, 4.69) is 17.4 Å². The Morgan fingerprint density at radius 1 is 1.43 bits per heavy atom. The fourth-order valence-corrected chi connectivity index (χ4v) is 2.25. The summed E-state index contributed by atoms with van der Waals surface area (Å²) in [6.07, 6.45) is 1.88. The van der Waals surface area contributed by atoms with Gasteiger partial charge in [0, 0.05) is 24.2 Å². The molecule has 1 N–H and O–H groups in total. The summed E-state index contributed by atoms with van der Waals surface area (Å²) in [6, 6.07) is 8.69. The third-order valence-electron chi connectivity index (χ3n) is 3.26. The number of hydrogen-bond donors (Lipinski definition) is 1. The average Bonchev–Trinajstić information content (AvgIpc) is 2.89. The molecule has 6 nitrogen and oxygen atoms in total. The van der Waals surface area contributed by atoms with Crippen LogP contribution in [0.1, 0.15) is 42.8 Å². The molecule has 1 unspecified atom stereocenters. The molecule has 0 saturated heterocycles. The number of nitrogens with zero attached hydrogens (tertiary/aromatic N) is 2. The molecule has 1 heterocycles. The number of nitrogens with one attached hydrogen (secondary N) is 1. The lowest BCUT2D eigenvalue weighted by atomic mass is 10.0. The van der Waals surface area contributed by atoms with Gasteiger partial charge in [0.25, 0.3) is 5.69 Å². The maximum atomic E-state index is 10.9. The van der Waals surface area contributed by atoms with Gasteiger partial charge in [0.15, 0.2) is 5.76 Å². The summed E-state index contributed by atoms with van der Waals surface area (Å²) in [5.41, 5.74) is 1.88. The van der Waals surface area contributed by atoms with Crippen LogP contribution in [-0.2, 0) is 6.54 Å². The Bertz CT molecular complexity index is 610. The lowest BCUT2D eigenvalue weighted by molar-refractivity contribution is -0.384. The lowest BCUT2D eigenvalue weighted by Crippen LogP contribution is -2.20. The van der Waals surface area contributed by atoms with Crippen molar-refractivity contribution in [2.45, 2.75) is 39.3 Å². The van der Waals surface area contributed by atoms with Gasteiger partial charge < -0.3 is 9.84 Å². The standard InChI is InChI=1S/C15H19N3O3/c1-3-5-15(16-10-14-8-11(2)17-21-14)12-6-4-7-13(9-12)18(19)20/h4,6-9,15-16H,3,5,10H2,1-2H3. The first kappa shape index (κ1) is 15.2. The number of rotatable bonds is 7. The second-order valence-electron chi connectivity index (χ2n) is 5.01. The van der Waals surface area contributed by atoms with Crippen LogP contribution in [-0.4, -0.2) is 10.1 Å². The minimum absolute atomic E-state index is 0.0558. The van der Waals surface area contributed by atoms with Gasteiger partial charge in [0.1, 0.15) is 0 Å². The van der Waals surface area contributed by atoms with Gasteiger partial charge in [-0.1, -0.05) is 30.6 Å². The number of non-ortho nitro benzene ring substituents is 1. The molecule has 112 valence electrons. The molecule has 1 aromatic carbocycles. The molecule has 21 heavy (non-hydrogen) atoms. The summed E-state index contributed by atoms with van der Waals surface area (Å²) in [5.74, 6) is 0.763. The van der Waals surface area contributed by atoms with Crippen molar-refractivity contribution in [1.29, 1.82) is 0 Å². The summed E-state index contributed by atoms with van der Waals surface area (Å²) < 4.78 is 5.17. The molecule has 6 heteroatoms. The number of benzene rings is 1. The maximum Gasteiger partial charge on any atom is 0.269 e. The van der Waals surface area contributed by atoms with E-state index in [0.29, 0.717) is 6.54 Å². The van der Waals surface area contributed by atoms with E-state index in [0.717, 1.165) is 29.9 Å². The highest BCUT2D eigenvalue weighted by molar-refractivity contribution is 5.35. The number of nitro groups is 1. The van der Waals surface area contributed by atoms with Crippen LogP contribution in [0, 0.1) is 17.0 Å². The average molecular weight is 289 g/mol. The van der Waals surface area contributed by atoms with Gasteiger partial charge in [-0.05, 0) is 18.9 Å². The third-order valence-corrected chi connectivity index (χ3v) is 3.26. The van der Waals surface area contributed by atoms with E-state index in [1.807, 2.05) is 19.1 Å². The van der Waals surface area contributed by atoms with E-state index in [4.69, 9.17) is 4.52 Å². The van der Waals surface area contributed by atoms with Crippen LogP contribution >= 0.6 is 0 Å². The number of nitro benzene ring substituents is 1. The molecule has 1 atom stereocenters.